The molecule has 6 nitrogen and oxygen atoms in total. The van der Waals surface area contributed by atoms with Crippen molar-refractivity contribution in [3.8, 4) is 0 Å². The number of thiophene rings is 1. The van der Waals surface area contributed by atoms with Crippen molar-refractivity contribution in [3.63, 3.8) is 0 Å². The van der Waals surface area contributed by atoms with Gasteiger partial charge in [0.1, 0.15) is 0 Å². The van der Waals surface area contributed by atoms with Gasteiger partial charge in [0.15, 0.2) is 0 Å². The Bertz CT molecular complexity index is 900. The minimum absolute atomic E-state index is 0.164. The van der Waals surface area contributed by atoms with Gasteiger partial charge in [0.25, 0.3) is 0 Å². The molecule has 1 aliphatic rings. The monoisotopic (exact) mass is 398 g/mol. The normalized spacial score (nSPS) is 15.0. The topological polar surface area (TPSA) is 58.5 Å². The van der Waals surface area contributed by atoms with E-state index in [0.29, 0.717) is 6.54 Å². The molecule has 0 unspecified atom stereocenters. The molecule has 0 radical (unpaired) electrons. The molecule has 3 aromatic rings. The van der Waals surface area contributed by atoms with Crippen LogP contribution in [0.3, 0.4) is 0 Å². The molecule has 0 saturated carbocycles. The van der Waals surface area contributed by atoms with Gasteiger partial charge in [-0.3, -0.25) is 4.90 Å². The minimum Gasteiger partial charge on any atom is -0.379 e. The van der Waals surface area contributed by atoms with Crippen LogP contribution in [0.5, 0.6) is 0 Å². The molecule has 4 rings (SSSR count). The van der Waals surface area contributed by atoms with E-state index in [1.54, 1.807) is 11.3 Å². The predicted octanol–water partition coefficient (Wildman–Crippen LogP) is 3.40. The fourth-order valence-corrected chi connectivity index (χ4v) is 4.19. The summed E-state index contributed by atoms with van der Waals surface area (Å²) in [7, 11) is 0. The number of hydrogen-bond donors (Lipinski definition) is 2. The zero-order valence-corrected chi connectivity index (χ0v) is 16.7. The molecule has 2 N–H and O–H groups in total. The zero-order chi connectivity index (χ0) is 19.2. The molecule has 0 aliphatic carbocycles. The van der Waals surface area contributed by atoms with Crippen LogP contribution in [0.1, 0.15) is 4.88 Å². The van der Waals surface area contributed by atoms with E-state index in [1.165, 1.54) is 10.4 Å². The van der Waals surface area contributed by atoms with E-state index in [1.807, 2.05) is 18.2 Å². The molecule has 3 heterocycles. The first kappa shape index (κ1) is 19.0. The van der Waals surface area contributed by atoms with Gasteiger partial charge >= 0.3 is 6.03 Å². The van der Waals surface area contributed by atoms with E-state index >= 15 is 0 Å². The first-order valence-electron chi connectivity index (χ1n) is 9.74. The van der Waals surface area contributed by atoms with Crippen LogP contribution in [0.2, 0.25) is 0 Å². The quantitative estimate of drug-likeness (QED) is 0.641. The molecule has 2 aromatic heterocycles. The van der Waals surface area contributed by atoms with Crippen LogP contribution in [0.15, 0.2) is 48.0 Å². The Balaban J connectivity index is 1.29. The maximum atomic E-state index is 12.1. The Morgan fingerprint density at radius 3 is 2.86 bits per heavy atom. The fraction of sp³-hybridized carbons (Fsp3) is 0.381. The van der Waals surface area contributed by atoms with Gasteiger partial charge in [0.05, 0.1) is 13.2 Å². The summed E-state index contributed by atoms with van der Waals surface area (Å²) in [6.07, 6.45) is 2.98. The highest BCUT2D eigenvalue weighted by atomic mass is 32.1. The number of aromatic nitrogens is 1. The second kappa shape index (κ2) is 9.23. The number of hydrogen-bond acceptors (Lipinski definition) is 4. The van der Waals surface area contributed by atoms with E-state index in [9.17, 15) is 4.79 Å². The number of amides is 2. The lowest BCUT2D eigenvalue weighted by molar-refractivity contribution is 0.0365. The summed E-state index contributed by atoms with van der Waals surface area (Å²) in [5.74, 6) is 0. The second-order valence-corrected chi connectivity index (χ2v) is 7.98. The number of nitrogens with one attached hydrogen (secondary N) is 2. The van der Waals surface area contributed by atoms with Crippen molar-refractivity contribution in [1.29, 1.82) is 0 Å². The molecule has 1 saturated heterocycles. The number of rotatable bonds is 7. The van der Waals surface area contributed by atoms with E-state index in [4.69, 9.17) is 4.74 Å². The summed E-state index contributed by atoms with van der Waals surface area (Å²) in [6.45, 7) is 6.29. The number of fused-ring (bicyclic) bond motifs is 1. The number of nitrogens with zero attached hydrogens (tertiary/aromatic N) is 2. The smallest absolute Gasteiger partial charge is 0.319 e. The molecule has 2 amide bonds. The van der Waals surface area contributed by atoms with E-state index in [0.717, 1.165) is 56.9 Å². The molecule has 1 fully saturated rings. The SMILES string of the molecule is O=C(NCCc1cccs1)Nc1ccc2c(ccn2CCN2CCOCC2)c1. The maximum Gasteiger partial charge on any atom is 0.319 e. The standard InChI is InChI=1S/C21H26N4O2S/c26-21(22-7-5-19-2-1-15-28-19)23-18-3-4-20-17(16-18)6-8-25(20)10-9-24-11-13-27-14-12-24/h1-4,6,8,15-16H,5,7,9-14H2,(H2,22,23,26). The number of morpholine rings is 1. The highest BCUT2D eigenvalue weighted by Crippen LogP contribution is 2.21. The van der Waals surface area contributed by atoms with E-state index in [2.05, 4.69) is 49.9 Å². The Hall–Kier alpha value is -2.35. The predicted molar refractivity (Wildman–Crippen MR) is 114 cm³/mol. The number of carbonyl (C=O) groups is 1. The summed E-state index contributed by atoms with van der Waals surface area (Å²) in [4.78, 5) is 15.8. The van der Waals surface area contributed by atoms with Crippen molar-refractivity contribution in [1.82, 2.24) is 14.8 Å². The van der Waals surface area contributed by atoms with Crippen molar-refractivity contribution in [2.45, 2.75) is 13.0 Å². The molecule has 1 aromatic carbocycles. The largest absolute Gasteiger partial charge is 0.379 e. The molecular formula is C21H26N4O2S. The van der Waals surface area contributed by atoms with Crippen LogP contribution < -0.4 is 10.6 Å². The van der Waals surface area contributed by atoms with Crippen molar-refractivity contribution < 1.29 is 9.53 Å². The van der Waals surface area contributed by atoms with Crippen LogP contribution in [-0.4, -0.2) is 54.9 Å². The lowest BCUT2D eigenvalue weighted by Crippen LogP contribution is -2.38. The third-order valence-corrected chi connectivity index (χ3v) is 5.96. The Labute approximate surface area is 169 Å². The highest BCUT2D eigenvalue weighted by molar-refractivity contribution is 7.09. The zero-order valence-electron chi connectivity index (χ0n) is 15.9. The lowest BCUT2D eigenvalue weighted by Gasteiger charge is -2.26. The van der Waals surface area contributed by atoms with Crippen molar-refractivity contribution in [2.75, 3.05) is 44.7 Å². The molecular weight excluding hydrogens is 372 g/mol. The Morgan fingerprint density at radius 1 is 1.14 bits per heavy atom. The molecule has 0 atom stereocenters. The van der Waals surface area contributed by atoms with Gasteiger partial charge in [-0.1, -0.05) is 6.07 Å². The van der Waals surface area contributed by atoms with Crippen LogP contribution in [0.4, 0.5) is 10.5 Å². The fourth-order valence-electron chi connectivity index (χ4n) is 3.48. The van der Waals surface area contributed by atoms with Crippen LogP contribution >= 0.6 is 11.3 Å². The van der Waals surface area contributed by atoms with E-state index < -0.39 is 0 Å². The van der Waals surface area contributed by atoms with Gasteiger partial charge in [-0.25, -0.2) is 4.79 Å². The van der Waals surface area contributed by atoms with Gasteiger partial charge in [-0.05, 0) is 42.1 Å². The van der Waals surface area contributed by atoms with Crippen LogP contribution in [0, 0.1) is 0 Å². The van der Waals surface area contributed by atoms with Gasteiger partial charge in [0.2, 0.25) is 0 Å². The highest BCUT2D eigenvalue weighted by Gasteiger charge is 2.11. The third kappa shape index (κ3) is 4.92. The van der Waals surface area contributed by atoms with Crippen LogP contribution in [-0.2, 0) is 17.7 Å². The average molecular weight is 399 g/mol. The number of urea groups is 1. The summed E-state index contributed by atoms with van der Waals surface area (Å²) in [6, 6.07) is 12.1. The average Bonchev–Trinajstić information content (AvgIpc) is 3.37. The molecule has 7 heteroatoms. The molecule has 0 spiro atoms. The van der Waals surface area contributed by atoms with Gasteiger partial charge in [0, 0.05) is 60.4 Å². The maximum absolute atomic E-state index is 12.1. The van der Waals surface area contributed by atoms with Crippen molar-refractivity contribution >= 4 is 34.0 Å². The van der Waals surface area contributed by atoms with Crippen molar-refractivity contribution in [2.24, 2.45) is 0 Å². The summed E-state index contributed by atoms with van der Waals surface area (Å²) in [5.41, 5.74) is 2.00. The Kier molecular flexibility index (Phi) is 6.26. The van der Waals surface area contributed by atoms with Crippen LogP contribution in [0.25, 0.3) is 10.9 Å². The number of anilines is 1. The van der Waals surface area contributed by atoms with Gasteiger partial charge in [-0.15, -0.1) is 11.3 Å². The molecule has 1 aliphatic heterocycles. The van der Waals surface area contributed by atoms with Crippen molar-refractivity contribution in [3.05, 3.63) is 52.9 Å². The third-order valence-electron chi connectivity index (χ3n) is 5.03. The Morgan fingerprint density at radius 2 is 2.04 bits per heavy atom. The first-order chi connectivity index (χ1) is 13.8. The summed E-state index contributed by atoms with van der Waals surface area (Å²) >= 11 is 1.71. The number of ether oxygens (including phenoxy) is 1. The number of benzene rings is 1. The van der Waals surface area contributed by atoms with E-state index in [-0.39, 0.29) is 6.03 Å². The minimum atomic E-state index is -0.164. The summed E-state index contributed by atoms with van der Waals surface area (Å²) < 4.78 is 7.68. The number of carbonyl (C=O) groups excluding carboxylic acids is 1. The lowest BCUT2D eigenvalue weighted by atomic mass is 10.2. The van der Waals surface area contributed by atoms with Gasteiger partial charge < -0.3 is 19.9 Å². The van der Waals surface area contributed by atoms with Gasteiger partial charge in [-0.2, -0.15) is 0 Å². The summed E-state index contributed by atoms with van der Waals surface area (Å²) in [5, 5.41) is 9.03. The first-order valence-corrected chi connectivity index (χ1v) is 10.6. The molecule has 148 valence electrons. The molecule has 0 bridgehead atoms. The molecule has 28 heavy (non-hydrogen) atoms. The second-order valence-electron chi connectivity index (χ2n) is 6.95.